The summed E-state index contributed by atoms with van der Waals surface area (Å²) in [5.41, 5.74) is 7.24. The molecule has 3 aromatic rings. The molecule has 1 aromatic carbocycles. The summed E-state index contributed by atoms with van der Waals surface area (Å²) in [6.45, 7) is 8.04. The predicted molar refractivity (Wildman–Crippen MR) is 119 cm³/mol. The molecule has 2 aliphatic heterocycles. The number of benzene rings is 1. The van der Waals surface area contributed by atoms with Crippen LogP contribution >= 0.6 is 0 Å². The molecule has 0 radical (unpaired) electrons. The van der Waals surface area contributed by atoms with Crippen molar-refractivity contribution in [1.29, 1.82) is 0 Å². The smallest absolute Gasteiger partial charge is 0.0486 e. The van der Waals surface area contributed by atoms with Crippen molar-refractivity contribution in [1.82, 2.24) is 19.4 Å². The number of rotatable bonds is 4. The predicted octanol–water partition coefficient (Wildman–Crippen LogP) is 4.04. The highest BCUT2D eigenvalue weighted by molar-refractivity contribution is 5.86. The van der Waals surface area contributed by atoms with Crippen molar-refractivity contribution in [2.45, 2.75) is 51.7 Å². The largest absolute Gasteiger partial charge is 0.344 e. The molecule has 2 aromatic heterocycles. The van der Waals surface area contributed by atoms with E-state index in [9.17, 15) is 0 Å². The first kappa shape index (κ1) is 18.8. The first-order valence-electron chi connectivity index (χ1n) is 11.1. The SMILES string of the molecule is Cc1ccc2c(c1)c1c(n2CCc2cccnc2)CCN(C2CCN(C)CC2)C1. The molecule has 1 fully saturated rings. The van der Waals surface area contributed by atoms with Gasteiger partial charge >= 0.3 is 0 Å². The molecule has 0 spiro atoms. The average Bonchev–Trinajstić information content (AvgIpc) is 3.06. The van der Waals surface area contributed by atoms with Crippen molar-refractivity contribution in [2.75, 3.05) is 26.7 Å². The zero-order valence-electron chi connectivity index (χ0n) is 17.8. The first-order chi connectivity index (χ1) is 14.2. The third kappa shape index (κ3) is 3.72. The van der Waals surface area contributed by atoms with Crippen LogP contribution < -0.4 is 0 Å². The number of likely N-dealkylation sites (tertiary alicyclic amines) is 1. The molecule has 0 atom stereocenters. The Hall–Kier alpha value is -2.17. The summed E-state index contributed by atoms with van der Waals surface area (Å²) in [5.74, 6) is 0. The maximum atomic E-state index is 4.29. The summed E-state index contributed by atoms with van der Waals surface area (Å²) in [5, 5.41) is 1.48. The van der Waals surface area contributed by atoms with Gasteiger partial charge in [0.1, 0.15) is 0 Å². The van der Waals surface area contributed by atoms with Gasteiger partial charge in [-0.25, -0.2) is 0 Å². The lowest BCUT2D eigenvalue weighted by Gasteiger charge is -2.39. The van der Waals surface area contributed by atoms with Crippen LogP contribution in [0.3, 0.4) is 0 Å². The van der Waals surface area contributed by atoms with Gasteiger partial charge in [-0.1, -0.05) is 17.7 Å². The Morgan fingerprint density at radius 3 is 2.76 bits per heavy atom. The van der Waals surface area contributed by atoms with E-state index in [2.05, 4.69) is 57.6 Å². The van der Waals surface area contributed by atoms with Crippen LogP contribution in [0, 0.1) is 6.92 Å². The van der Waals surface area contributed by atoms with Crippen LogP contribution in [0.1, 0.15) is 35.2 Å². The molecule has 1 saturated heterocycles. The van der Waals surface area contributed by atoms with E-state index < -0.39 is 0 Å². The summed E-state index contributed by atoms with van der Waals surface area (Å²) in [6, 6.07) is 12.0. The number of hydrogen-bond acceptors (Lipinski definition) is 3. The lowest BCUT2D eigenvalue weighted by molar-refractivity contribution is 0.109. The van der Waals surface area contributed by atoms with E-state index in [1.165, 1.54) is 60.9 Å². The molecule has 4 heterocycles. The molecule has 0 aliphatic carbocycles. The maximum Gasteiger partial charge on any atom is 0.0486 e. The number of pyridine rings is 1. The van der Waals surface area contributed by atoms with Crippen molar-refractivity contribution in [3.8, 4) is 0 Å². The Labute approximate surface area is 174 Å². The van der Waals surface area contributed by atoms with E-state index >= 15 is 0 Å². The van der Waals surface area contributed by atoms with Crippen molar-refractivity contribution < 1.29 is 0 Å². The highest BCUT2D eigenvalue weighted by Gasteiger charge is 2.29. The molecule has 29 heavy (non-hydrogen) atoms. The molecule has 0 amide bonds. The second kappa shape index (κ2) is 7.92. The number of piperidine rings is 1. The van der Waals surface area contributed by atoms with E-state index in [0.717, 1.165) is 25.6 Å². The lowest BCUT2D eigenvalue weighted by Crippen LogP contribution is -2.45. The van der Waals surface area contributed by atoms with Gasteiger partial charge in [-0.2, -0.15) is 0 Å². The Balaban J connectivity index is 1.45. The van der Waals surface area contributed by atoms with Gasteiger partial charge < -0.3 is 9.47 Å². The normalized spacial score (nSPS) is 19.0. The van der Waals surface area contributed by atoms with Crippen LogP contribution in [0.4, 0.5) is 0 Å². The van der Waals surface area contributed by atoms with E-state index in [-0.39, 0.29) is 0 Å². The summed E-state index contributed by atoms with van der Waals surface area (Å²) >= 11 is 0. The van der Waals surface area contributed by atoms with Gasteiger partial charge in [0.15, 0.2) is 0 Å². The molecule has 0 N–H and O–H groups in total. The van der Waals surface area contributed by atoms with Gasteiger partial charge in [0, 0.05) is 61.1 Å². The first-order valence-corrected chi connectivity index (χ1v) is 11.1. The Morgan fingerprint density at radius 2 is 1.97 bits per heavy atom. The van der Waals surface area contributed by atoms with Gasteiger partial charge in [-0.3, -0.25) is 9.88 Å². The molecule has 4 heteroatoms. The molecule has 0 unspecified atom stereocenters. The zero-order chi connectivity index (χ0) is 19.8. The van der Waals surface area contributed by atoms with Gasteiger partial charge in [-0.15, -0.1) is 0 Å². The van der Waals surface area contributed by atoms with Crippen LogP contribution in [0.5, 0.6) is 0 Å². The number of fused-ring (bicyclic) bond motifs is 3. The van der Waals surface area contributed by atoms with E-state index in [4.69, 9.17) is 0 Å². The highest BCUT2D eigenvalue weighted by Crippen LogP contribution is 2.33. The number of aryl methyl sites for hydroxylation is 3. The Bertz CT molecular complexity index is 983. The van der Waals surface area contributed by atoms with Crippen LogP contribution in [0.25, 0.3) is 10.9 Å². The van der Waals surface area contributed by atoms with E-state index in [0.29, 0.717) is 0 Å². The van der Waals surface area contributed by atoms with Gasteiger partial charge in [0.2, 0.25) is 0 Å². The molecule has 2 aliphatic rings. The summed E-state index contributed by atoms with van der Waals surface area (Å²) in [6.07, 6.45) is 8.69. The van der Waals surface area contributed by atoms with E-state index in [1.54, 1.807) is 11.3 Å². The molecule has 0 bridgehead atoms. The lowest BCUT2D eigenvalue weighted by atomic mass is 9.97. The van der Waals surface area contributed by atoms with E-state index in [1.807, 2.05) is 18.5 Å². The molecule has 5 rings (SSSR count). The van der Waals surface area contributed by atoms with Gasteiger partial charge in [0.25, 0.3) is 0 Å². The second-order valence-electron chi connectivity index (χ2n) is 8.96. The minimum atomic E-state index is 0.748. The fraction of sp³-hybridized carbons (Fsp3) is 0.480. The average molecular weight is 389 g/mol. The Kier molecular flexibility index (Phi) is 5.15. The number of nitrogens with zero attached hydrogens (tertiary/aromatic N) is 4. The molecular weight excluding hydrogens is 356 g/mol. The highest BCUT2D eigenvalue weighted by atomic mass is 15.2. The minimum Gasteiger partial charge on any atom is -0.344 e. The van der Waals surface area contributed by atoms with Crippen molar-refractivity contribution >= 4 is 10.9 Å². The van der Waals surface area contributed by atoms with Crippen LogP contribution in [-0.2, 0) is 25.9 Å². The molecule has 4 nitrogen and oxygen atoms in total. The maximum absolute atomic E-state index is 4.29. The summed E-state index contributed by atoms with van der Waals surface area (Å²) in [7, 11) is 2.25. The molecular formula is C25H32N4. The number of aromatic nitrogens is 2. The Morgan fingerprint density at radius 1 is 1.10 bits per heavy atom. The fourth-order valence-corrected chi connectivity index (χ4v) is 5.30. The van der Waals surface area contributed by atoms with Crippen LogP contribution in [0.2, 0.25) is 0 Å². The minimum absolute atomic E-state index is 0.748. The monoisotopic (exact) mass is 388 g/mol. The summed E-state index contributed by atoms with van der Waals surface area (Å²) < 4.78 is 2.60. The topological polar surface area (TPSA) is 24.3 Å². The van der Waals surface area contributed by atoms with Crippen molar-refractivity contribution in [2.24, 2.45) is 0 Å². The zero-order valence-corrected chi connectivity index (χ0v) is 17.8. The summed E-state index contributed by atoms with van der Waals surface area (Å²) in [4.78, 5) is 9.53. The quantitative estimate of drug-likeness (QED) is 0.674. The third-order valence-corrected chi connectivity index (χ3v) is 6.99. The second-order valence-corrected chi connectivity index (χ2v) is 8.96. The van der Waals surface area contributed by atoms with Crippen LogP contribution in [-0.4, -0.2) is 52.1 Å². The number of hydrogen-bond donors (Lipinski definition) is 0. The van der Waals surface area contributed by atoms with Crippen LogP contribution in [0.15, 0.2) is 42.7 Å². The van der Waals surface area contributed by atoms with Crippen molar-refractivity contribution in [3.05, 3.63) is 65.1 Å². The molecule has 152 valence electrons. The van der Waals surface area contributed by atoms with Gasteiger partial charge in [-0.05, 0) is 75.6 Å². The fourth-order valence-electron chi connectivity index (χ4n) is 5.30. The standard InChI is InChI=1S/C25H32N4/c1-19-5-6-24-22(16-19)23-18-28(21-8-12-27(2)13-9-21)14-10-25(23)29(24)15-7-20-4-3-11-26-17-20/h3-6,11,16-17,21H,7-10,12-15,18H2,1-2H3. The van der Waals surface area contributed by atoms with Crippen molar-refractivity contribution in [3.63, 3.8) is 0 Å². The molecule has 0 saturated carbocycles. The third-order valence-electron chi connectivity index (χ3n) is 6.99. The van der Waals surface area contributed by atoms with Gasteiger partial charge in [0.05, 0.1) is 0 Å².